The average Bonchev–Trinajstić information content (AvgIpc) is 2.41. The van der Waals surface area contributed by atoms with Crippen LogP contribution in [0.4, 0.5) is 10.1 Å². The Labute approximate surface area is 128 Å². The lowest BCUT2D eigenvalue weighted by atomic mass is 10.2. The second-order valence-corrected chi connectivity index (χ2v) is 5.12. The highest BCUT2D eigenvalue weighted by atomic mass is 79.9. The number of hydrogen-bond acceptors (Lipinski definition) is 2. The van der Waals surface area contributed by atoms with Gasteiger partial charge in [0.05, 0.1) is 27.9 Å². The second kappa shape index (κ2) is 6.04. The van der Waals surface area contributed by atoms with Gasteiger partial charge in [0, 0.05) is 4.47 Å². The minimum absolute atomic E-state index is 0.104. The van der Waals surface area contributed by atoms with E-state index in [0.717, 1.165) is 0 Å². The average molecular weight is 354 g/mol. The van der Waals surface area contributed by atoms with Gasteiger partial charge < -0.3 is 5.32 Å². The summed E-state index contributed by atoms with van der Waals surface area (Å²) in [5.41, 5.74) is 0.582. The number of hydrogen-bond donors (Lipinski definition) is 1. The van der Waals surface area contributed by atoms with Crippen molar-refractivity contribution in [3.05, 3.63) is 62.8 Å². The molecule has 1 amide bonds. The van der Waals surface area contributed by atoms with Gasteiger partial charge in [0.25, 0.3) is 5.91 Å². The largest absolute Gasteiger partial charge is 0.321 e. The molecular weight excluding hydrogens is 347 g/mol. The lowest BCUT2D eigenvalue weighted by Gasteiger charge is -2.09. The van der Waals surface area contributed by atoms with Crippen LogP contribution < -0.4 is 5.32 Å². The van der Waals surface area contributed by atoms with Crippen molar-refractivity contribution in [3.63, 3.8) is 0 Å². The molecular formula is C14H7BrClFN2O. The zero-order chi connectivity index (χ0) is 14.7. The van der Waals surface area contributed by atoms with Crippen molar-refractivity contribution in [1.82, 2.24) is 0 Å². The predicted molar refractivity (Wildman–Crippen MR) is 78.2 cm³/mol. The highest BCUT2D eigenvalue weighted by Crippen LogP contribution is 2.25. The molecule has 0 spiro atoms. The number of anilines is 1. The molecule has 1 N–H and O–H groups in total. The summed E-state index contributed by atoms with van der Waals surface area (Å²) in [6.07, 6.45) is 0. The van der Waals surface area contributed by atoms with Gasteiger partial charge in [0.1, 0.15) is 5.82 Å². The summed E-state index contributed by atoms with van der Waals surface area (Å²) in [6, 6.07) is 10.6. The molecule has 0 aromatic heterocycles. The van der Waals surface area contributed by atoms with Crippen LogP contribution in [0.3, 0.4) is 0 Å². The van der Waals surface area contributed by atoms with Crippen LogP contribution in [-0.2, 0) is 0 Å². The Morgan fingerprint density at radius 3 is 2.70 bits per heavy atom. The van der Waals surface area contributed by atoms with Crippen molar-refractivity contribution >= 4 is 39.1 Å². The number of carbonyl (C=O) groups excluding carboxylic acids is 1. The summed E-state index contributed by atoms with van der Waals surface area (Å²) in [7, 11) is 0. The number of nitrogens with zero attached hydrogens (tertiary/aromatic N) is 1. The van der Waals surface area contributed by atoms with Crippen molar-refractivity contribution < 1.29 is 9.18 Å². The van der Waals surface area contributed by atoms with Gasteiger partial charge in [-0.1, -0.05) is 17.7 Å². The number of halogens is 3. The maximum atomic E-state index is 13.7. The fraction of sp³-hybridized carbons (Fsp3) is 0. The molecule has 100 valence electrons. The minimum atomic E-state index is -0.637. The zero-order valence-electron chi connectivity index (χ0n) is 9.95. The van der Waals surface area contributed by atoms with Gasteiger partial charge in [0.15, 0.2) is 0 Å². The van der Waals surface area contributed by atoms with E-state index in [2.05, 4.69) is 21.2 Å². The Kier molecular flexibility index (Phi) is 4.38. The molecule has 0 aliphatic heterocycles. The van der Waals surface area contributed by atoms with Gasteiger partial charge in [0.2, 0.25) is 0 Å². The topological polar surface area (TPSA) is 52.9 Å². The van der Waals surface area contributed by atoms with Crippen molar-refractivity contribution in [3.8, 4) is 6.07 Å². The normalized spacial score (nSPS) is 9.90. The van der Waals surface area contributed by atoms with Crippen molar-refractivity contribution in [2.24, 2.45) is 0 Å². The number of benzene rings is 2. The molecule has 20 heavy (non-hydrogen) atoms. The van der Waals surface area contributed by atoms with Crippen LogP contribution in [0.15, 0.2) is 40.9 Å². The standard InChI is InChI=1S/C14H7BrClFN2O/c15-9-2-1-3-11(17)13(9)14(20)19-12-5-4-8(7-18)6-10(12)16/h1-6H,(H,19,20). The summed E-state index contributed by atoms with van der Waals surface area (Å²) in [4.78, 5) is 12.1. The highest BCUT2D eigenvalue weighted by Gasteiger charge is 2.16. The molecule has 2 aromatic rings. The van der Waals surface area contributed by atoms with Gasteiger partial charge in [-0.15, -0.1) is 0 Å². The van der Waals surface area contributed by atoms with Crippen LogP contribution in [0.5, 0.6) is 0 Å². The molecule has 2 rings (SSSR count). The molecule has 0 unspecified atom stereocenters. The molecule has 0 aliphatic rings. The molecule has 3 nitrogen and oxygen atoms in total. The monoisotopic (exact) mass is 352 g/mol. The van der Waals surface area contributed by atoms with E-state index in [4.69, 9.17) is 16.9 Å². The minimum Gasteiger partial charge on any atom is -0.321 e. The quantitative estimate of drug-likeness (QED) is 0.872. The fourth-order valence-electron chi connectivity index (χ4n) is 1.59. The Balaban J connectivity index is 2.31. The molecule has 0 radical (unpaired) electrons. The summed E-state index contributed by atoms with van der Waals surface area (Å²) >= 11 is 9.07. The third-order valence-electron chi connectivity index (χ3n) is 2.54. The Bertz CT molecular complexity index is 707. The number of rotatable bonds is 2. The highest BCUT2D eigenvalue weighted by molar-refractivity contribution is 9.10. The summed E-state index contributed by atoms with van der Waals surface area (Å²) in [6.45, 7) is 0. The SMILES string of the molecule is N#Cc1ccc(NC(=O)c2c(F)cccc2Br)c(Cl)c1. The Morgan fingerprint density at radius 1 is 1.35 bits per heavy atom. The van der Waals surface area contributed by atoms with E-state index < -0.39 is 11.7 Å². The Hall–Kier alpha value is -1.90. The molecule has 0 saturated heterocycles. The summed E-state index contributed by atoms with van der Waals surface area (Å²) in [5.74, 6) is -1.26. The summed E-state index contributed by atoms with van der Waals surface area (Å²) in [5, 5.41) is 11.5. The molecule has 0 bridgehead atoms. The number of nitrogens with one attached hydrogen (secondary N) is 1. The molecule has 6 heteroatoms. The van der Waals surface area contributed by atoms with E-state index in [9.17, 15) is 9.18 Å². The van der Waals surface area contributed by atoms with Crippen LogP contribution in [0.2, 0.25) is 5.02 Å². The first-order valence-corrected chi connectivity index (χ1v) is 6.65. The van der Waals surface area contributed by atoms with Crippen molar-refractivity contribution in [2.45, 2.75) is 0 Å². The first-order valence-electron chi connectivity index (χ1n) is 5.48. The van der Waals surface area contributed by atoms with Gasteiger partial charge in [-0.2, -0.15) is 5.26 Å². The zero-order valence-corrected chi connectivity index (χ0v) is 12.3. The van der Waals surface area contributed by atoms with Crippen LogP contribution >= 0.6 is 27.5 Å². The smallest absolute Gasteiger partial charge is 0.259 e. The number of amides is 1. The van der Waals surface area contributed by atoms with Gasteiger partial charge in [-0.3, -0.25) is 4.79 Å². The van der Waals surface area contributed by atoms with E-state index in [1.807, 2.05) is 6.07 Å². The lowest BCUT2D eigenvalue weighted by Crippen LogP contribution is -2.14. The number of nitriles is 1. The maximum absolute atomic E-state index is 13.7. The molecule has 0 aliphatic carbocycles. The van der Waals surface area contributed by atoms with E-state index in [-0.39, 0.29) is 10.6 Å². The third-order valence-corrected chi connectivity index (χ3v) is 3.51. The van der Waals surface area contributed by atoms with Gasteiger partial charge >= 0.3 is 0 Å². The molecule has 2 aromatic carbocycles. The van der Waals surface area contributed by atoms with Crippen LogP contribution in [-0.4, -0.2) is 5.91 Å². The fourth-order valence-corrected chi connectivity index (χ4v) is 2.34. The molecule has 0 atom stereocenters. The first-order chi connectivity index (χ1) is 9.52. The van der Waals surface area contributed by atoms with Gasteiger partial charge in [-0.25, -0.2) is 4.39 Å². The van der Waals surface area contributed by atoms with Crippen LogP contribution in [0.1, 0.15) is 15.9 Å². The molecule has 0 saturated carbocycles. The van der Waals surface area contributed by atoms with E-state index in [1.54, 1.807) is 6.07 Å². The van der Waals surface area contributed by atoms with E-state index >= 15 is 0 Å². The van der Waals surface area contributed by atoms with Crippen LogP contribution in [0.25, 0.3) is 0 Å². The third kappa shape index (κ3) is 2.98. The summed E-state index contributed by atoms with van der Waals surface area (Å²) < 4.78 is 14.0. The van der Waals surface area contributed by atoms with Crippen LogP contribution in [0, 0.1) is 17.1 Å². The molecule has 0 heterocycles. The molecule has 0 fully saturated rings. The van der Waals surface area contributed by atoms with Crippen molar-refractivity contribution in [1.29, 1.82) is 5.26 Å². The lowest BCUT2D eigenvalue weighted by molar-refractivity contribution is 0.102. The number of carbonyl (C=O) groups is 1. The van der Waals surface area contributed by atoms with E-state index in [0.29, 0.717) is 15.7 Å². The predicted octanol–water partition coefficient (Wildman–Crippen LogP) is 4.37. The second-order valence-electron chi connectivity index (χ2n) is 3.86. The van der Waals surface area contributed by atoms with Crippen molar-refractivity contribution in [2.75, 3.05) is 5.32 Å². The van der Waals surface area contributed by atoms with E-state index in [1.165, 1.54) is 30.3 Å². The maximum Gasteiger partial charge on any atom is 0.259 e. The van der Waals surface area contributed by atoms with Gasteiger partial charge in [-0.05, 0) is 46.3 Å². The first kappa shape index (κ1) is 14.5. The Morgan fingerprint density at radius 2 is 2.10 bits per heavy atom.